The summed E-state index contributed by atoms with van der Waals surface area (Å²) in [5.74, 6) is 5.49. The number of hydrazine groups is 1. The Bertz CT molecular complexity index is 394. The summed E-state index contributed by atoms with van der Waals surface area (Å²) in [6.45, 7) is 2.19. The van der Waals surface area contributed by atoms with Crippen molar-refractivity contribution in [2.45, 2.75) is 45.1 Å². The second-order valence-electron chi connectivity index (χ2n) is 5.47. The van der Waals surface area contributed by atoms with Gasteiger partial charge in [0.05, 0.1) is 6.04 Å². The monoisotopic (exact) mass is 268 g/mol. The van der Waals surface area contributed by atoms with Gasteiger partial charge in [-0.1, -0.05) is 32.3 Å². The molecule has 1 aliphatic rings. The Labute approximate surface area is 113 Å². The third kappa shape index (κ3) is 3.12. The van der Waals surface area contributed by atoms with E-state index in [1.165, 1.54) is 24.6 Å². The highest BCUT2D eigenvalue weighted by atomic mass is 19.1. The summed E-state index contributed by atoms with van der Waals surface area (Å²) in [6.07, 6.45) is 5.37. The largest absolute Gasteiger partial charge is 0.271 e. The van der Waals surface area contributed by atoms with E-state index in [0.29, 0.717) is 0 Å². The van der Waals surface area contributed by atoms with Gasteiger partial charge in [-0.3, -0.25) is 11.3 Å². The molecule has 1 unspecified atom stereocenters. The van der Waals surface area contributed by atoms with Gasteiger partial charge in [-0.15, -0.1) is 0 Å². The van der Waals surface area contributed by atoms with Gasteiger partial charge in [0, 0.05) is 5.56 Å². The Hall–Kier alpha value is -1.00. The zero-order valence-electron chi connectivity index (χ0n) is 11.3. The number of nitrogens with one attached hydrogen (secondary N) is 1. The van der Waals surface area contributed by atoms with E-state index in [1.54, 1.807) is 0 Å². The molecule has 0 spiro atoms. The summed E-state index contributed by atoms with van der Waals surface area (Å²) in [4.78, 5) is 0. The molecule has 0 bridgehead atoms. The number of nitrogens with two attached hydrogens (primary N) is 1. The fraction of sp³-hybridized carbons (Fsp3) is 0.600. The molecule has 0 aromatic heterocycles. The minimum Gasteiger partial charge on any atom is -0.271 e. The van der Waals surface area contributed by atoms with Crippen LogP contribution in [0.15, 0.2) is 18.2 Å². The van der Waals surface area contributed by atoms with Crippen LogP contribution in [0.2, 0.25) is 0 Å². The molecule has 106 valence electrons. The summed E-state index contributed by atoms with van der Waals surface area (Å²) in [6, 6.07) is 3.54. The van der Waals surface area contributed by atoms with Gasteiger partial charge in [-0.05, 0) is 36.8 Å². The van der Waals surface area contributed by atoms with Crippen molar-refractivity contribution in [2.75, 3.05) is 0 Å². The fourth-order valence-electron chi connectivity index (χ4n) is 3.19. The van der Waals surface area contributed by atoms with Gasteiger partial charge in [0.2, 0.25) is 0 Å². The molecule has 3 N–H and O–H groups in total. The van der Waals surface area contributed by atoms with E-state index < -0.39 is 17.7 Å². The Morgan fingerprint density at radius 2 is 1.79 bits per heavy atom. The highest BCUT2D eigenvalue weighted by Crippen LogP contribution is 2.38. The predicted molar refractivity (Wildman–Crippen MR) is 72.2 cm³/mol. The lowest BCUT2D eigenvalue weighted by atomic mass is 9.76. The van der Waals surface area contributed by atoms with Gasteiger partial charge in [0.25, 0.3) is 0 Å². The van der Waals surface area contributed by atoms with Gasteiger partial charge in [-0.2, -0.15) is 0 Å². The van der Waals surface area contributed by atoms with Crippen molar-refractivity contribution in [2.24, 2.45) is 17.7 Å². The lowest BCUT2D eigenvalue weighted by Gasteiger charge is -2.33. The molecule has 0 radical (unpaired) electrons. The Kier molecular flexibility index (Phi) is 4.88. The maximum Gasteiger partial charge on any atom is 0.130 e. The van der Waals surface area contributed by atoms with Crippen LogP contribution in [0.1, 0.15) is 50.6 Å². The van der Waals surface area contributed by atoms with Crippen molar-refractivity contribution in [3.05, 3.63) is 35.4 Å². The molecule has 2 rings (SSSR count). The van der Waals surface area contributed by atoms with E-state index >= 15 is 0 Å². The van der Waals surface area contributed by atoms with Crippen LogP contribution >= 0.6 is 0 Å². The van der Waals surface area contributed by atoms with Crippen molar-refractivity contribution in [3.63, 3.8) is 0 Å². The second-order valence-corrected chi connectivity index (χ2v) is 5.47. The average molecular weight is 268 g/mol. The van der Waals surface area contributed by atoms with E-state index in [0.717, 1.165) is 31.6 Å². The van der Waals surface area contributed by atoms with Crippen LogP contribution in [0.5, 0.6) is 0 Å². The molecular formula is C15H22F2N2. The third-order valence-electron chi connectivity index (χ3n) is 4.43. The standard InChI is InChI=1S/C15H22F2N2/c1-2-10-6-8-11(9-7-10)15(19-18)14-12(16)4-3-5-13(14)17/h3-5,10-11,15,19H,2,6-9,18H2,1H3. The van der Waals surface area contributed by atoms with Crippen molar-refractivity contribution in [1.29, 1.82) is 0 Å². The molecule has 1 atom stereocenters. The maximum absolute atomic E-state index is 13.8. The lowest BCUT2D eigenvalue weighted by molar-refractivity contribution is 0.214. The van der Waals surface area contributed by atoms with Crippen LogP contribution in [-0.4, -0.2) is 0 Å². The molecule has 0 heterocycles. The van der Waals surface area contributed by atoms with E-state index in [1.807, 2.05) is 0 Å². The number of halogens is 2. The normalized spacial score (nSPS) is 25.3. The summed E-state index contributed by atoms with van der Waals surface area (Å²) >= 11 is 0. The van der Waals surface area contributed by atoms with Gasteiger partial charge in [-0.25, -0.2) is 8.78 Å². The molecule has 1 fully saturated rings. The molecule has 1 saturated carbocycles. The van der Waals surface area contributed by atoms with E-state index in [4.69, 9.17) is 5.84 Å². The number of hydrogen-bond donors (Lipinski definition) is 2. The first-order chi connectivity index (χ1) is 9.17. The first-order valence-corrected chi connectivity index (χ1v) is 7.07. The van der Waals surface area contributed by atoms with Crippen LogP contribution in [0, 0.1) is 23.5 Å². The van der Waals surface area contributed by atoms with Crippen LogP contribution in [0.25, 0.3) is 0 Å². The summed E-state index contributed by atoms with van der Waals surface area (Å²) < 4.78 is 27.7. The second kappa shape index (κ2) is 6.44. The van der Waals surface area contributed by atoms with Gasteiger partial charge < -0.3 is 0 Å². The van der Waals surface area contributed by atoms with E-state index in [9.17, 15) is 8.78 Å². The zero-order chi connectivity index (χ0) is 13.8. The summed E-state index contributed by atoms with van der Waals surface area (Å²) in [5.41, 5.74) is 2.71. The Balaban J connectivity index is 2.17. The minimum absolute atomic E-state index is 0.0879. The zero-order valence-corrected chi connectivity index (χ0v) is 11.3. The molecule has 0 saturated heterocycles. The van der Waals surface area contributed by atoms with Crippen LogP contribution in [-0.2, 0) is 0 Å². The van der Waals surface area contributed by atoms with E-state index in [2.05, 4.69) is 12.3 Å². The minimum atomic E-state index is -0.513. The molecule has 1 aromatic carbocycles. The molecule has 1 aliphatic carbocycles. The van der Waals surface area contributed by atoms with Crippen molar-refractivity contribution >= 4 is 0 Å². The molecule has 2 nitrogen and oxygen atoms in total. The van der Waals surface area contributed by atoms with Crippen molar-refractivity contribution in [1.82, 2.24) is 5.43 Å². The topological polar surface area (TPSA) is 38.0 Å². The van der Waals surface area contributed by atoms with E-state index in [-0.39, 0.29) is 11.5 Å². The molecular weight excluding hydrogens is 246 g/mol. The Morgan fingerprint density at radius 1 is 1.21 bits per heavy atom. The fourth-order valence-corrected chi connectivity index (χ4v) is 3.19. The third-order valence-corrected chi connectivity index (χ3v) is 4.43. The predicted octanol–water partition coefficient (Wildman–Crippen LogP) is 3.69. The van der Waals surface area contributed by atoms with Gasteiger partial charge >= 0.3 is 0 Å². The highest BCUT2D eigenvalue weighted by molar-refractivity contribution is 5.24. The number of rotatable bonds is 4. The number of benzene rings is 1. The van der Waals surface area contributed by atoms with Crippen molar-refractivity contribution in [3.8, 4) is 0 Å². The van der Waals surface area contributed by atoms with Gasteiger partial charge in [0.1, 0.15) is 11.6 Å². The Morgan fingerprint density at radius 3 is 2.26 bits per heavy atom. The SMILES string of the molecule is CCC1CCC(C(NN)c2c(F)cccc2F)CC1. The first-order valence-electron chi connectivity index (χ1n) is 7.07. The van der Waals surface area contributed by atoms with Gasteiger partial charge in [0.15, 0.2) is 0 Å². The van der Waals surface area contributed by atoms with Crippen molar-refractivity contribution < 1.29 is 8.78 Å². The molecule has 4 heteroatoms. The summed E-state index contributed by atoms with van der Waals surface area (Å²) in [5, 5.41) is 0. The van der Waals surface area contributed by atoms with Crippen LogP contribution < -0.4 is 11.3 Å². The average Bonchev–Trinajstić information content (AvgIpc) is 2.43. The quantitative estimate of drug-likeness (QED) is 0.645. The highest BCUT2D eigenvalue weighted by Gasteiger charge is 2.30. The lowest BCUT2D eigenvalue weighted by Crippen LogP contribution is -2.36. The molecule has 0 aliphatic heterocycles. The van der Waals surface area contributed by atoms with Crippen LogP contribution in [0.3, 0.4) is 0 Å². The molecule has 1 aromatic rings. The maximum atomic E-state index is 13.8. The summed E-state index contributed by atoms with van der Waals surface area (Å²) in [7, 11) is 0. The smallest absolute Gasteiger partial charge is 0.130 e. The van der Waals surface area contributed by atoms with Crippen LogP contribution in [0.4, 0.5) is 8.78 Å². The molecule has 0 amide bonds. The first kappa shape index (κ1) is 14.4. The molecule has 19 heavy (non-hydrogen) atoms. The number of hydrogen-bond acceptors (Lipinski definition) is 2.